The molecule has 8 heteroatoms. The van der Waals surface area contributed by atoms with Gasteiger partial charge in [0.05, 0.1) is 31.2 Å². The van der Waals surface area contributed by atoms with Crippen LogP contribution in [0.2, 0.25) is 0 Å². The van der Waals surface area contributed by atoms with E-state index < -0.39 is 29.9 Å². The minimum absolute atomic E-state index is 0.239. The molecule has 0 aliphatic carbocycles. The molecule has 1 saturated heterocycles. The van der Waals surface area contributed by atoms with Crippen LogP contribution in [-0.4, -0.2) is 37.4 Å². The lowest BCUT2D eigenvalue weighted by molar-refractivity contribution is -0.118. The number of nitrogens with zero attached hydrogens (tertiary/aromatic N) is 2. The average molecular weight is 472 g/mol. The van der Waals surface area contributed by atoms with Gasteiger partial charge in [0.2, 0.25) is 0 Å². The fourth-order valence-electron chi connectivity index (χ4n) is 4.38. The summed E-state index contributed by atoms with van der Waals surface area (Å²) in [6.45, 7) is 1.95. The number of hydrogen-bond acceptors (Lipinski definition) is 7. The van der Waals surface area contributed by atoms with Crippen LogP contribution >= 0.6 is 0 Å². The van der Waals surface area contributed by atoms with Crippen molar-refractivity contribution in [3.05, 3.63) is 100 Å². The Hall–Kier alpha value is -4.33. The van der Waals surface area contributed by atoms with Crippen molar-refractivity contribution in [1.82, 2.24) is 0 Å². The summed E-state index contributed by atoms with van der Waals surface area (Å²) < 4.78 is 10.2. The van der Waals surface area contributed by atoms with E-state index in [1.54, 1.807) is 79.7 Å². The standard InChI is InChI=1S/C27H24N2O6/c1-3-35-27(32)19-9-13-20(14-10-19)29-24(17-7-5-4-6-8-17)22(23(28-33)26(29)31)25(30)18-11-15-21(34-2)16-12-18/h4-16,22-24H,3H2,1-2H3. The molecule has 3 aromatic carbocycles. The third-order valence-electron chi connectivity index (χ3n) is 6.04. The number of ether oxygens (including phenoxy) is 2. The second-order valence-corrected chi connectivity index (χ2v) is 8.00. The highest BCUT2D eigenvalue weighted by molar-refractivity contribution is 6.10. The van der Waals surface area contributed by atoms with Gasteiger partial charge in [0.15, 0.2) is 11.8 Å². The normalized spacial score (nSPS) is 19.3. The summed E-state index contributed by atoms with van der Waals surface area (Å²) in [5, 5.41) is 3.09. The summed E-state index contributed by atoms with van der Waals surface area (Å²) in [5.74, 6) is -1.89. The Morgan fingerprint density at radius 3 is 2.11 bits per heavy atom. The molecule has 1 aliphatic heterocycles. The molecule has 0 N–H and O–H groups in total. The van der Waals surface area contributed by atoms with E-state index in [4.69, 9.17) is 9.47 Å². The van der Waals surface area contributed by atoms with Gasteiger partial charge in [-0.15, -0.1) is 4.91 Å². The SMILES string of the molecule is CCOC(=O)c1ccc(N2C(=O)C(N=O)C(C(=O)c3ccc(OC)cc3)C2c2ccccc2)cc1. The van der Waals surface area contributed by atoms with Gasteiger partial charge in [-0.25, -0.2) is 4.79 Å². The largest absolute Gasteiger partial charge is 0.497 e. The van der Waals surface area contributed by atoms with Crippen molar-refractivity contribution < 1.29 is 23.9 Å². The zero-order chi connectivity index (χ0) is 24.9. The Kier molecular flexibility index (Phi) is 7.01. The molecule has 1 heterocycles. The first-order valence-corrected chi connectivity index (χ1v) is 11.2. The predicted molar refractivity (Wildman–Crippen MR) is 129 cm³/mol. The zero-order valence-corrected chi connectivity index (χ0v) is 19.3. The smallest absolute Gasteiger partial charge is 0.338 e. The molecule has 0 spiro atoms. The Balaban J connectivity index is 1.78. The number of ketones is 1. The molecular formula is C27H24N2O6. The maximum Gasteiger partial charge on any atom is 0.338 e. The van der Waals surface area contributed by atoms with E-state index in [9.17, 15) is 19.3 Å². The molecular weight excluding hydrogens is 448 g/mol. The molecule has 1 fully saturated rings. The first-order valence-electron chi connectivity index (χ1n) is 11.2. The fourth-order valence-corrected chi connectivity index (χ4v) is 4.38. The quantitative estimate of drug-likeness (QED) is 0.270. The predicted octanol–water partition coefficient (Wildman–Crippen LogP) is 4.59. The maximum atomic E-state index is 13.7. The van der Waals surface area contributed by atoms with E-state index in [-0.39, 0.29) is 12.4 Å². The van der Waals surface area contributed by atoms with Crippen LogP contribution in [-0.2, 0) is 9.53 Å². The van der Waals surface area contributed by atoms with Crippen LogP contribution in [0.4, 0.5) is 5.69 Å². The molecule has 0 saturated carbocycles. The lowest BCUT2D eigenvalue weighted by Crippen LogP contribution is -2.30. The van der Waals surface area contributed by atoms with Gasteiger partial charge in [0, 0.05) is 11.3 Å². The summed E-state index contributed by atoms with van der Waals surface area (Å²) in [7, 11) is 1.52. The third kappa shape index (κ3) is 4.55. The Morgan fingerprint density at radius 2 is 1.54 bits per heavy atom. The first-order chi connectivity index (χ1) is 17.0. The molecule has 4 rings (SSSR count). The number of carbonyl (C=O) groups excluding carboxylic acids is 3. The van der Waals surface area contributed by atoms with Gasteiger partial charge in [0.1, 0.15) is 5.75 Å². The van der Waals surface area contributed by atoms with Crippen LogP contribution < -0.4 is 9.64 Å². The highest BCUT2D eigenvalue weighted by Crippen LogP contribution is 2.44. The van der Waals surface area contributed by atoms with Gasteiger partial charge in [-0.1, -0.05) is 35.5 Å². The third-order valence-corrected chi connectivity index (χ3v) is 6.04. The second kappa shape index (κ2) is 10.3. The monoisotopic (exact) mass is 472 g/mol. The lowest BCUT2D eigenvalue weighted by atomic mass is 9.84. The molecule has 3 aromatic rings. The van der Waals surface area contributed by atoms with E-state index in [0.29, 0.717) is 28.1 Å². The minimum atomic E-state index is -1.40. The van der Waals surface area contributed by atoms with Crippen molar-refractivity contribution in [3.63, 3.8) is 0 Å². The molecule has 0 bridgehead atoms. The van der Waals surface area contributed by atoms with E-state index >= 15 is 0 Å². The Bertz CT molecular complexity index is 1220. The number of nitroso groups, excluding NO2 is 1. The summed E-state index contributed by atoms with van der Waals surface area (Å²) in [6.07, 6.45) is 0. The van der Waals surface area contributed by atoms with Gasteiger partial charge >= 0.3 is 5.97 Å². The van der Waals surface area contributed by atoms with Gasteiger partial charge in [-0.05, 0) is 61.0 Å². The summed E-state index contributed by atoms with van der Waals surface area (Å²) in [5.41, 5.74) is 1.80. The van der Waals surface area contributed by atoms with Crippen molar-refractivity contribution in [2.75, 3.05) is 18.6 Å². The average Bonchev–Trinajstić information content (AvgIpc) is 3.20. The zero-order valence-electron chi connectivity index (χ0n) is 19.3. The molecule has 1 aliphatic rings. The topological polar surface area (TPSA) is 102 Å². The van der Waals surface area contributed by atoms with Gasteiger partial charge in [-0.3, -0.25) is 9.59 Å². The van der Waals surface area contributed by atoms with Crippen LogP contribution in [0, 0.1) is 10.8 Å². The molecule has 8 nitrogen and oxygen atoms in total. The first kappa shape index (κ1) is 23.8. The number of amides is 1. The van der Waals surface area contributed by atoms with Crippen LogP contribution in [0.15, 0.2) is 84.0 Å². The second-order valence-electron chi connectivity index (χ2n) is 8.00. The van der Waals surface area contributed by atoms with Crippen molar-refractivity contribution in [1.29, 1.82) is 0 Å². The number of benzene rings is 3. The Morgan fingerprint density at radius 1 is 0.914 bits per heavy atom. The number of esters is 1. The van der Waals surface area contributed by atoms with Gasteiger partial charge in [-0.2, -0.15) is 0 Å². The van der Waals surface area contributed by atoms with E-state index in [0.717, 1.165) is 0 Å². The lowest BCUT2D eigenvalue weighted by Gasteiger charge is -2.28. The molecule has 3 atom stereocenters. The number of rotatable bonds is 8. The van der Waals surface area contributed by atoms with E-state index in [1.807, 2.05) is 6.07 Å². The Labute approximate surface area is 202 Å². The number of methoxy groups -OCH3 is 1. The van der Waals surface area contributed by atoms with Gasteiger partial charge < -0.3 is 14.4 Å². The van der Waals surface area contributed by atoms with Crippen LogP contribution in [0.25, 0.3) is 0 Å². The molecule has 3 unspecified atom stereocenters. The number of carbonyl (C=O) groups is 3. The van der Waals surface area contributed by atoms with Crippen LogP contribution in [0.5, 0.6) is 5.75 Å². The molecule has 35 heavy (non-hydrogen) atoms. The highest BCUT2D eigenvalue weighted by atomic mass is 16.5. The van der Waals surface area contributed by atoms with Crippen LogP contribution in [0.1, 0.15) is 39.2 Å². The van der Waals surface area contributed by atoms with Crippen molar-refractivity contribution in [2.24, 2.45) is 11.1 Å². The van der Waals surface area contributed by atoms with E-state index in [2.05, 4.69) is 5.18 Å². The molecule has 1 amide bonds. The van der Waals surface area contributed by atoms with Crippen molar-refractivity contribution in [2.45, 2.75) is 19.0 Å². The number of anilines is 1. The van der Waals surface area contributed by atoms with E-state index in [1.165, 1.54) is 12.0 Å². The number of Topliss-reactive ketones (excluding diaryl/α,β-unsaturated/α-hetero) is 1. The van der Waals surface area contributed by atoms with Crippen LogP contribution in [0.3, 0.4) is 0 Å². The summed E-state index contributed by atoms with van der Waals surface area (Å²) >= 11 is 0. The summed E-state index contributed by atoms with van der Waals surface area (Å²) in [6, 6.07) is 19.7. The van der Waals surface area contributed by atoms with Crippen molar-refractivity contribution in [3.8, 4) is 5.75 Å². The van der Waals surface area contributed by atoms with Gasteiger partial charge in [0.25, 0.3) is 5.91 Å². The minimum Gasteiger partial charge on any atom is -0.497 e. The maximum absolute atomic E-state index is 13.7. The number of hydrogen-bond donors (Lipinski definition) is 0. The fraction of sp³-hybridized carbons (Fsp3) is 0.222. The molecule has 178 valence electrons. The van der Waals surface area contributed by atoms with Crippen molar-refractivity contribution >= 4 is 23.3 Å². The highest BCUT2D eigenvalue weighted by Gasteiger charge is 2.54. The molecule has 0 radical (unpaired) electrons. The molecule has 0 aromatic heterocycles. The summed E-state index contributed by atoms with van der Waals surface area (Å²) in [4.78, 5) is 52.5.